The maximum Gasteiger partial charge on any atom is 0.321 e. The highest BCUT2D eigenvalue weighted by molar-refractivity contribution is 5.84. The maximum absolute atomic E-state index is 11.0. The van der Waals surface area contributed by atoms with Crippen molar-refractivity contribution in [3.05, 3.63) is 30.0 Å². The van der Waals surface area contributed by atoms with Crippen LogP contribution in [0, 0.1) is 0 Å². The predicted octanol–water partition coefficient (Wildman–Crippen LogP) is 1.24. The number of aliphatic carboxylic acids is 2. The topological polar surface area (TPSA) is 112 Å². The molecule has 0 radical (unpaired) electrons. The first-order valence-electron chi connectivity index (χ1n) is 6.83. The van der Waals surface area contributed by atoms with Crippen LogP contribution in [0.4, 0.5) is 0 Å². The first-order chi connectivity index (χ1) is 10.5. The lowest BCUT2D eigenvalue weighted by molar-refractivity contribution is -0.145. The third kappa shape index (κ3) is 3.76. The molecule has 0 aliphatic heterocycles. The average molecular weight is 306 g/mol. The van der Waals surface area contributed by atoms with Gasteiger partial charge in [-0.2, -0.15) is 0 Å². The zero-order chi connectivity index (χ0) is 16.1. The molecule has 2 aromatic rings. The van der Waals surface area contributed by atoms with Crippen molar-refractivity contribution < 1.29 is 24.5 Å². The number of H-pyrrole nitrogens is 1. The molecule has 4 N–H and O–H groups in total. The van der Waals surface area contributed by atoms with Crippen molar-refractivity contribution in [2.75, 3.05) is 13.7 Å². The van der Waals surface area contributed by atoms with E-state index < -0.39 is 24.4 Å². The molecule has 7 nitrogen and oxygen atoms in total. The molecule has 2 rings (SSSR count). The lowest BCUT2D eigenvalue weighted by Crippen LogP contribution is -2.39. The van der Waals surface area contributed by atoms with Gasteiger partial charge in [0.05, 0.1) is 13.5 Å². The molecule has 0 spiro atoms. The van der Waals surface area contributed by atoms with E-state index >= 15 is 0 Å². The fourth-order valence-electron chi connectivity index (χ4n) is 2.29. The van der Waals surface area contributed by atoms with Crippen LogP contribution >= 0.6 is 0 Å². The van der Waals surface area contributed by atoms with Gasteiger partial charge < -0.3 is 25.3 Å². The summed E-state index contributed by atoms with van der Waals surface area (Å²) in [7, 11) is 1.60. The molecule has 1 atom stereocenters. The molecule has 118 valence electrons. The van der Waals surface area contributed by atoms with Crippen LogP contribution in [0.5, 0.6) is 5.75 Å². The van der Waals surface area contributed by atoms with Crippen LogP contribution in [0.15, 0.2) is 24.4 Å². The predicted molar refractivity (Wildman–Crippen MR) is 80.2 cm³/mol. The number of aromatic amines is 1. The zero-order valence-electron chi connectivity index (χ0n) is 12.1. The summed E-state index contributed by atoms with van der Waals surface area (Å²) in [5.41, 5.74) is 1.98. The van der Waals surface area contributed by atoms with Crippen molar-refractivity contribution in [2.24, 2.45) is 0 Å². The van der Waals surface area contributed by atoms with Gasteiger partial charge in [-0.05, 0) is 30.2 Å². The summed E-state index contributed by atoms with van der Waals surface area (Å²) < 4.78 is 5.19. The van der Waals surface area contributed by atoms with Gasteiger partial charge in [-0.15, -0.1) is 0 Å². The standard InChI is InChI=1S/C15H18N2O5/c1-22-10-2-3-12-11(6-10)9(8-17-12)4-5-16-13(15(20)21)7-14(18)19/h2-3,6,8,13,16-17H,4-5,7H2,1H3,(H,18,19)(H,20,21). The highest BCUT2D eigenvalue weighted by atomic mass is 16.5. The van der Waals surface area contributed by atoms with E-state index in [1.165, 1.54) is 0 Å². The number of hydrogen-bond donors (Lipinski definition) is 4. The second-order valence-corrected chi connectivity index (χ2v) is 4.92. The van der Waals surface area contributed by atoms with Gasteiger partial charge in [-0.1, -0.05) is 0 Å². The summed E-state index contributed by atoms with van der Waals surface area (Å²) >= 11 is 0. The van der Waals surface area contributed by atoms with E-state index in [1.54, 1.807) is 7.11 Å². The summed E-state index contributed by atoms with van der Waals surface area (Å²) in [6, 6.07) is 4.59. The Balaban J connectivity index is 2.02. The van der Waals surface area contributed by atoms with Crippen LogP contribution in [0.3, 0.4) is 0 Å². The number of methoxy groups -OCH3 is 1. The van der Waals surface area contributed by atoms with E-state index in [0.29, 0.717) is 13.0 Å². The molecule has 1 aromatic carbocycles. The number of carboxylic acids is 2. The van der Waals surface area contributed by atoms with Crippen LogP contribution in [0.1, 0.15) is 12.0 Å². The minimum atomic E-state index is -1.16. The summed E-state index contributed by atoms with van der Waals surface area (Å²) in [6.45, 7) is 0.369. The molecule has 0 amide bonds. The highest BCUT2D eigenvalue weighted by Crippen LogP contribution is 2.23. The number of carbonyl (C=O) groups is 2. The van der Waals surface area contributed by atoms with Crippen LogP contribution < -0.4 is 10.1 Å². The molecule has 1 aromatic heterocycles. The summed E-state index contributed by atoms with van der Waals surface area (Å²) in [4.78, 5) is 24.7. The Morgan fingerprint density at radius 2 is 2.14 bits per heavy atom. The third-order valence-corrected chi connectivity index (χ3v) is 3.44. The van der Waals surface area contributed by atoms with Crippen molar-refractivity contribution in [1.29, 1.82) is 0 Å². The molecule has 0 saturated carbocycles. The summed E-state index contributed by atoms with van der Waals surface area (Å²) in [6.07, 6.45) is 1.99. The average Bonchev–Trinajstić information content (AvgIpc) is 2.88. The Bertz CT molecular complexity index is 680. The van der Waals surface area contributed by atoms with Gasteiger partial charge in [-0.3, -0.25) is 9.59 Å². The van der Waals surface area contributed by atoms with E-state index in [2.05, 4.69) is 10.3 Å². The summed E-state index contributed by atoms with van der Waals surface area (Å²) in [5, 5.41) is 21.4. The number of rotatable bonds is 8. The second-order valence-electron chi connectivity index (χ2n) is 4.92. The van der Waals surface area contributed by atoms with Crippen LogP contribution in [0.2, 0.25) is 0 Å². The lowest BCUT2D eigenvalue weighted by atomic mass is 10.1. The van der Waals surface area contributed by atoms with Gasteiger partial charge in [0.25, 0.3) is 0 Å². The number of carboxylic acid groups (broad SMARTS) is 2. The van der Waals surface area contributed by atoms with Gasteiger partial charge in [0, 0.05) is 23.6 Å². The number of hydrogen-bond acceptors (Lipinski definition) is 4. The van der Waals surface area contributed by atoms with E-state index in [1.807, 2.05) is 24.4 Å². The first-order valence-corrected chi connectivity index (χ1v) is 6.83. The Hall–Kier alpha value is -2.54. The Labute approximate surface area is 126 Å². The maximum atomic E-state index is 11.0. The van der Waals surface area contributed by atoms with E-state index in [-0.39, 0.29) is 0 Å². The van der Waals surface area contributed by atoms with Gasteiger partial charge in [-0.25, -0.2) is 0 Å². The van der Waals surface area contributed by atoms with Crippen molar-refractivity contribution in [2.45, 2.75) is 18.9 Å². The Morgan fingerprint density at radius 1 is 1.36 bits per heavy atom. The fourth-order valence-corrected chi connectivity index (χ4v) is 2.29. The number of ether oxygens (including phenoxy) is 1. The molecule has 7 heteroatoms. The molecule has 0 saturated heterocycles. The number of benzene rings is 1. The normalized spacial score (nSPS) is 12.2. The number of fused-ring (bicyclic) bond motifs is 1. The fraction of sp³-hybridized carbons (Fsp3) is 0.333. The molecular weight excluding hydrogens is 288 g/mol. The molecular formula is C15H18N2O5. The molecule has 1 unspecified atom stereocenters. The first kappa shape index (κ1) is 15.8. The van der Waals surface area contributed by atoms with Gasteiger partial charge in [0.1, 0.15) is 11.8 Å². The van der Waals surface area contributed by atoms with Crippen molar-refractivity contribution in [3.63, 3.8) is 0 Å². The van der Waals surface area contributed by atoms with Crippen LogP contribution in [-0.2, 0) is 16.0 Å². The number of aromatic nitrogens is 1. The molecule has 0 fully saturated rings. The molecule has 1 heterocycles. The Morgan fingerprint density at radius 3 is 2.77 bits per heavy atom. The second kappa shape index (κ2) is 6.95. The van der Waals surface area contributed by atoms with Gasteiger partial charge >= 0.3 is 11.9 Å². The van der Waals surface area contributed by atoms with Crippen molar-refractivity contribution in [1.82, 2.24) is 10.3 Å². The van der Waals surface area contributed by atoms with Crippen LogP contribution in [0.25, 0.3) is 10.9 Å². The SMILES string of the molecule is COc1ccc2[nH]cc(CCNC(CC(=O)O)C(=O)O)c2c1. The molecule has 0 bridgehead atoms. The summed E-state index contributed by atoms with van der Waals surface area (Å²) in [5.74, 6) is -1.56. The smallest absolute Gasteiger partial charge is 0.321 e. The monoisotopic (exact) mass is 306 g/mol. The van der Waals surface area contributed by atoms with Crippen molar-refractivity contribution in [3.8, 4) is 5.75 Å². The van der Waals surface area contributed by atoms with E-state index in [9.17, 15) is 9.59 Å². The van der Waals surface area contributed by atoms with E-state index in [0.717, 1.165) is 22.2 Å². The van der Waals surface area contributed by atoms with Gasteiger partial charge in [0.2, 0.25) is 0 Å². The minimum Gasteiger partial charge on any atom is -0.497 e. The van der Waals surface area contributed by atoms with Crippen molar-refractivity contribution >= 4 is 22.8 Å². The number of nitrogens with one attached hydrogen (secondary N) is 2. The van der Waals surface area contributed by atoms with E-state index in [4.69, 9.17) is 14.9 Å². The highest BCUT2D eigenvalue weighted by Gasteiger charge is 2.20. The zero-order valence-corrected chi connectivity index (χ0v) is 12.1. The quantitative estimate of drug-likeness (QED) is 0.584. The largest absolute Gasteiger partial charge is 0.497 e. The third-order valence-electron chi connectivity index (χ3n) is 3.44. The van der Waals surface area contributed by atoms with Gasteiger partial charge in [0.15, 0.2) is 0 Å². The molecule has 0 aliphatic carbocycles. The van der Waals surface area contributed by atoms with Crippen LogP contribution in [-0.4, -0.2) is 46.8 Å². The molecule has 0 aliphatic rings. The molecule has 22 heavy (non-hydrogen) atoms. The Kier molecular flexibility index (Phi) is 5.00. The lowest BCUT2D eigenvalue weighted by Gasteiger charge is -2.11. The minimum absolute atomic E-state index is 0.369.